The molecule has 2 heteroatoms. The van der Waals surface area contributed by atoms with Gasteiger partial charge in [-0.15, -0.1) is 0 Å². The molecule has 2 saturated carbocycles. The van der Waals surface area contributed by atoms with E-state index in [1.807, 2.05) is 0 Å². The number of hydrogen-bond acceptors (Lipinski definition) is 0. The van der Waals surface area contributed by atoms with Crippen LogP contribution < -0.4 is 0 Å². The molecular formula is C23H33FeP. The molecule has 0 aromatic carbocycles. The molecule has 5 unspecified atom stereocenters. The van der Waals surface area contributed by atoms with E-state index in [1.165, 1.54) is 43.3 Å². The SMILES string of the molecule is PC(C1CCCCC1)(C1CCCCC1)[C]12[CH]3[CH]4[CH]5[CH]1[Fe]45321678[CH]2[CH]1[CH]6[CH]7[CH]28. The minimum atomic E-state index is -3.00. The maximum atomic E-state index is 3.87. The van der Waals surface area contributed by atoms with Crippen LogP contribution in [-0.2, 0) is 6.51 Å². The Morgan fingerprint density at radius 3 is 1.28 bits per heavy atom. The first-order chi connectivity index (χ1) is 12.0. The zero-order valence-electron chi connectivity index (χ0n) is 15.4. The van der Waals surface area contributed by atoms with Gasteiger partial charge in [-0.1, -0.05) is 0 Å². The van der Waals surface area contributed by atoms with Crippen LogP contribution in [0.15, 0.2) is 0 Å². The summed E-state index contributed by atoms with van der Waals surface area (Å²) < 4.78 is 1.13. The standard InChI is InChI=1S/C18H28P.C5H5.Fe/c19-18(17-13-7-8-14-17,15-9-3-1-4-10-15)16-11-5-2-6-12-16;1-2-4-5-3-1;/h7-8,13-16H,1-6,9-12,19H2;1-5H;. The first-order valence-electron chi connectivity index (χ1n) is 12.0. The van der Waals surface area contributed by atoms with Crippen LogP contribution in [0.3, 0.4) is 0 Å². The molecule has 10 saturated heterocycles. The van der Waals surface area contributed by atoms with Crippen LogP contribution in [0, 0.1) is 11.8 Å². The normalized spacial score (nSPS) is 94.5. The molecule has 0 N–H and O–H groups in total. The molecule has 10 aliphatic heterocycles. The van der Waals surface area contributed by atoms with Gasteiger partial charge in [0.15, 0.2) is 0 Å². The van der Waals surface area contributed by atoms with Crippen molar-refractivity contribution in [2.45, 2.75) is 117 Å². The van der Waals surface area contributed by atoms with Gasteiger partial charge in [0.05, 0.1) is 0 Å². The third kappa shape index (κ3) is 0.209. The summed E-state index contributed by atoms with van der Waals surface area (Å²) in [6.07, 6.45) is 16.0. The van der Waals surface area contributed by atoms with E-state index in [4.69, 9.17) is 0 Å². The van der Waals surface area contributed by atoms with Gasteiger partial charge in [0, 0.05) is 0 Å². The summed E-state index contributed by atoms with van der Waals surface area (Å²) in [5, 5.41) is 0.794. The predicted octanol–water partition coefficient (Wildman–Crippen LogP) is 7.52. The van der Waals surface area contributed by atoms with E-state index in [0.29, 0.717) is 0 Å². The number of rotatable bonds is 3. The molecule has 5 atom stereocenters. The van der Waals surface area contributed by atoms with Crippen LogP contribution in [0.4, 0.5) is 0 Å². The van der Waals surface area contributed by atoms with E-state index in [1.54, 1.807) is 64.2 Å². The topological polar surface area (TPSA) is 0 Å². The van der Waals surface area contributed by atoms with Crippen molar-refractivity contribution in [1.29, 1.82) is 0 Å². The van der Waals surface area contributed by atoms with Gasteiger partial charge in [-0.2, -0.15) is 0 Å². The van der Waals surface area contributed by atoms with Gasteiger partial charge < -0.3 is 0 Å². The Bertz CT molecular complexity index is 1070. The van der Waals surface area contributed by atoms with E-state index in [0.717, 1.165) is 21.3 Å². The van der Waals surface area contributed by atoms with Gasteiger partial charge in [-0.25, -0.2) is 0 Å². The van der Waals surface area contributed by atoms with Crippen molar-refractivity contribution < 1.29 is 6.51 Å². The summed E-state index contributed by atoms with van der Waals surface area (Å²) in [5.41, 5.74) is 0. The van der Waals surface area contributed by atoms with Crippen molar-refractivity contribution in [3.05, 3.63) is 0 Å². The van der Waals surface area contributed by atoms with Crippen LogP contribution in [0.1, 0.15) is 64.2 Å². The molecule has 0 aromatic heterocycles. The molecule has 1 spiro atoms. The molecule has 10 heterocycles. The summed E-state index contributed by atoms with van der Waals surface area (Å²) in [4.78, 5) is 13.7. The first-order valence-corrected chi connectivity index (χ1v) is 18.9. The molecule has 138 valence electrons. The van der Waals surface area contributed by atoms with Gasteiger partial charge in [0.25, 0.3) is 0 Å². The molecule has 12 rings (SSSR count). The number of hydrogen-bond donors (Lipinski definition) is 0. The number of fused-ring (bicyclic) bond motifs is 10. The van der Waals surface area contributed by atoms with E-state index in [9.17, 15) is 0 Å². The van der Waals surface area contributed by atoms with Gasteiger partial charge in [-0.3, -0.25) is 0 Å². The summed E-state index contributed by atoms with van der Waals surface area (Å²) >= 11 is 0. The van der Waals surface area contributed by atoms with E-state index in [2.05, 4.69) is 9.24 Å². The van der Waals surface area contributed by atoms with Gasteiger partial charge in [0.1, 0.15) is 0 Å². The monoisotopic (exact) mass is 396 g/mol. The third-order valence-electron chi connectivity index (χ3n) is 19.9. The van der Waals surface area contributed by atoms with Crippen LogP contribution in [-0.4, -0.2) is 5.16 Å². The second-order valence-electron chi connectivity index (χ2n) is 15.3. The summed E-state index contributed by atoms with van der Waals surface area (Å²) in [5.74, 6) is 2.29. The van der Waals surface area contributed by atoms with Crippen LogP contribution in [0.5, 0.6) is 0 Å². The molecule has 0 nitrogen and oxygen atoms in total. The average Bonchev–Trinajstić information content (AvgIpc) is 3.62. The Morgan fingerprint density at radius 1 is 0.600 bits per heavy atom. The van der Waals surface area contributed by atoms with Crippen molar-refractivity contribution in [3.63, 3.8) is 0 Å². The van der Waals surface area contributed by atoms with Gasteiger partial charge in [-0.05, 0) is 0 Å². The Hall–Kier alpha value is 0.949. The van der Waals surface area contributed by atoms with Crippen LogP contribution >= 0.6 is 9.24 Å². The predicted molar refractivity (Wildman–Crippen MR) is 102 cm³/mol. The first kappa shape index (κ1) is 11.8. The molecular weight excluding hydrogens is 363 g/mol. The van der Waals surface area contributed by atoms with Crippen molar-refractivity contribution >= 4 is 9.24 Å². The van der Waals surface area contributed by atoms with Gasteiger partial charge in [0.2, 0.25) is 0 Å². The van der Waals surface area contributed by atoms with Crippen molar-refractivity contribution in [1.82, 2.24) is 0 Å². The fourth-order valence-electron chi connectivity index (χ4n) is 21.5. The zero-order valence-corrected chi connectivity index (χ0v) is 17.6. The maximum absolute atomic E-state index is 3.87. The Balaban J connectivity index is 1.21. The molecule has 0 aromatic rings. The molecule has 12 fully saturated rings. The second kappa shape index (κ2) is 1.40. The van der Waals surface area contributed by atoms with Crippen molar-refractivity contribution in [2.24, 2.45) is 11.8 Å². The average molecular weight is 396 g/mol. The Kier molecular flexibility index (Phi) is 0.665. The molecule has 0 bridgehead atoms. The summed E-state index contributed by atoms with van der Waals surface area (Å²) in [7, 11) is 3.87. The summed E-state index contributed by atoms with van der Waals surface area (Å²) in [6.45, 7) is -3.00. The fourth-order valence-corrected chi connectivity index (χ4v) is 101. The van der Waals surface area contributed by atoms with E-state index < -0.39 is 6.51 Å². The molecule has 2 aliphatic carbocycles. The Labute approximate surface area is 144 Å². The van der Waals surface area contributed by atoms with E-state index >= 15 is 0 Å². The zero-order chi connectivity index (χ0) is 15.7. The van der Waals surface area contributed by atoms with Crippen LogP contribution in [0.25, 0.3) is 0 Å². The molecule has 0 amide bonds. The quantitative estimate of drug-likeness (QED) is 0.342. The molecule has 0 radical (unpaired) electrons. The molecule has 25 heavy (non-hydrogen) atoms. The Morgan fingerprint density at radius 2 is 1.00 bits per heavy atom. The van der Waals surface area contributed by atoms with Crippen LogP contribution in [0.2, 0.25) is 47.7 Å². The summed E-state index contributed by atoms with van der Waals surface area (Å²) in [6, 6.07) is 0. The second-order valence-corrected chi connectivity index (χ2v) is 39.8. The fraction of sp³-hybridized carbons (Fsp3) is 1.00. The van der Waals surface area contributed by atoms with Crippen molar-refractivity contribution in [2.75, 3.05) is 0 Å². The minimum absolute atomic E-state index is 0.794. The van der Waals surface area contributed by atoms with Crippen molar-refractivity contribution in [3.8, 4) is 0 Å². The molecule has 12 aliphatic rings. The van der Waals surface area contributed by atoms with Gasteiger partial charge >= 0.3 is 145 Å². The van der Waals surface area contributed by atoms with E-state index in [-0.39, 0.29) is 0 Å². The third-order valence-corrected chi connectivity index (χ3v) is 64.1.